The molecule has 2 aromatic heterocycles. The van der Waals surface area contributed by atoms with Gasteiger partial charge in [-0.25, -0.2) is 15.4 Å². The highest BCUT2D eigenvalue weighted by atomic mass is 16.5. The maximum atomic E-state index is 6.09. The number of ether oxygens (including phenoxy) is 1. The predicted octanol–water partition coefficient (Wildman–Crippen LogP) is 4.44. The highest BCUT2D eigenvalue weighted by molar-refractivity contribution is 5.78. The quantitative estimate of drug-likeness (QED) is 0.536. The molecule has 0 spiro atoms. The maximum absolute atomic E-state index is 6.09. The van der Waals surface area contributed by atoms with E-state index in [2.05, 4.69) is 20.5 Å². The first kappa shape index (κ1) is 17.7. The van der Waals surface area contributed by atoms with Crippen LogP contribution in [0.1, 0.15) is 11.4 Å². The van der Waals surface area contributed by atoms with Crippen molar-refractivity contribution in [2.45, 2.75) is 13.8 Å². The summed E-state index contributed by atoms with van der Waals surface area (Å²) in [5, 5.41) is 6.19. The van der Waals surface area contributed by atoms with E-state index in [1.165, 1.54) is 0 Å². The van der Waals surface area contributed by atoms with Crippen molar-refractivity contribution in [2.24, 2.45) is 5.10 Å². The van der Waals surface area contributed by atoms with Gasteiger partial charge in [0.05, 0.1) is 12.5 Å². The Morgan fingerprint density at radius 2 is 1.64 bits per heavy atom. The summed E-state index contributed by atoms with van der Waals surface area (Å²) >= 11 is 0. The van der Waals surface area contributed by atoms with E-state index in [1.54, 1.807) is 7.11 Å². The number of methoxy groups -OCH3 is 1. The van der Waals surface area contributed by atoms with E-state index in [0.717, 1.165) is 39.0 Å². The Bertz CT molecular complexity index is 1180. The molecular formula is C22H20N4O2. The fourth-order valence-corrected chi connectivity index (χ4v) is 2.99. The Balaban J connectivity index is 1.81. The highest BCUT2D eigenvalue weighted by Crippen LogP contribution is 2.24. The van der Waals surface area contributed by atoms with E-state index < -0.39 is 0 Å². The number of fused-ring (bicyclic) bond motifs is 1. The van der Waals surface area contributed by atoms with Crippen LogP contribution >= 0.6 is 0 Å². The van der Waals surface area contributed by atoms with Crippen LogP contribution in [0.5, 0.6) is 5.75 Å². The van der Waals surface area contributed by atoms with Crippen LogP contribution in [0, 0.1) is 13.8 Å². The number of nitrogens with zero attached hydrogens (tertiary/aromatic N) is 3. The number of aromatic nitrogens is 2. The van der Waals surface area contributed by atoms with Crippen molar-refractivity contribution in [3.63, 3.8) is 0 Å². The van der Waals surface area contributed by atoms with Crippen molar-refractivity contribution in [3.05, 3.63) is 77.4 Å². The third-order valence-corrected chi connectivity index (χ3v) is 4.28. The van der Waals surface area contributed by atoms with Crippen molar-refractivity contribution >= 4 is 16.9 Å². The zero-order valence-electron chi connectivity index (χ0n) is 15.9. The minimum Gasteiger partial charge on any atom is -0.497 e. The molecule has 28 heavy (non-hydrogen) atoms. The van der Waals surface area contributed by atoms with Gasteiger partial charge in [-0.2, -0.15) is 5.10 Å². The van der Waals surface area contributed by atoms with Gasteiger partial charge in [-0.3, -0.25) is 0 Å². The fourth-order valence-electron chi connectivity index (χ4n) is 2.99. The van der Waals surface area contributed by atoms with Gasteiger partial charge < -0.3 is 9.15 Å². The molecule has 0 atom stereocenters. The molecule has 0 radical (unpaired) electrons. The summed E-state index contributed by atoms with van der Waals surface area (Å²) in [6.07, 6.45) is 0. The topological polar surface area (TPSA) is 72.5 Å². The largest absolute Gasteiger partial charge is 0.497 e. The van der Waals surface area contributed by atoms with E-state index in [9.17, 15) is 0 Å². The van der Waals surface area contributed by atoms with E-state index in [0.29, 0.717) is 11.7 Å². The number of benzene rings is 2. The first-order chi connectivity index (χ1) is 13.6. The van der Waals surface area contributed by atoms with Gasteiger partial charge >= 0.3 is 0 Å². The lowest BCUT2D eigenvalue weighted by atomic mass is 10.1. The fraction of sp³-hybridized carbons (Fsp3) is 0.136. The van der Waals surface area contributed by atoms with Crippen LogP contribution in [-0.4, -0.2) is 17.1 Å². The lowest BCUT2D eigenvalue weighted by molar-refractivity contribution is 0.415. The normalized spacial score (nSPS) is 11.6. The molecule has 2 aromatic carbocycles. The Kier molecular flexibility index (Phi) is 4.76. The van der Waals surface area contributed by atoms with Crippen LogP contribution in [0.4, 0.5) is 5.95 Å². The van der Waals surface area contributed by atoms with Gasteiger partial charge in [0.25, 0.3) is 0 Å². The number of anilines is 1. The summed E-state index contributed by atoms with van der Waals surface area (Å²) in [6, 6.07) is 19.3. The van der Waals surface area contributed by atoms with Gasteiger partial charge in [0, 0.05) is 28.4 Å². The summed E-state index contributed by atoms with van der Waals surface area (Å²) in [5.41, 5.74) is 6.43. The average molecular weight is 372 g/mol. The van der Waals surface area contributed by atoms with Gasteiger partial charge in [-0.1, -0.05) is 12.1 Å². The number of hydrogen-bond donors (Lipinski definition) is 1. The molecule has 6 heteroatoms. The number of rotatable bonds is 4. The number of nitrogens with one attached hydrogen (secondary N) is 1. The second-order valence-corrected chi connectivity index (χ2v) is 6.42. The molecular weight excluding hydrogens is 352 g/mol. The molecule has 0 saturated heterocycles. The molecule has 4 aromatic rings. The number of aryl methyl sites for hydroxylation is 2. The monoisotopic (exact) mass is 372 g/mol. The lowest BCUT2D eigenvalue weighted by Crippen LogP contribution is -2.09. The van der Waals surface area contributed by atoms with Crippen LogP contribution in [0.25, 0.3) is 22.3 Å². The predicted molar refractivity (Wildman–Crippen MR) is 109 cm³/mol. The molecule has 0 amide bonds. The highest BCUT2D eigenvalue weighted by Gasteiger charge is 2.06. The van der Waals surface area contributed by atoms with Crippen LogP contribution in [0.3, 0.4) is 0 Å². The smallest absolute Gasteiger partial charge is 0.243 e. The van der Waals surface area contributed by atoms with Crippen molar-refractivity contribution in [3.8, 4) is 17.1 Å². The molecule has 0 unspecified atom stereocenters. The summed E-state index contributed by atoms with van der Waals surface area (Å²) < 4.78 is 11.3. The number of para-hydroxylation sites is 1. The SMILES string of the molecule is COc1ccc(-c2c/c(=N/Nc3nc(C)cc(C)n3)c3ccccc3o2)cc1. The van der Waals surface area contributed by atoms with Crippen LogP contribution in [-0.2, 0) is 0 Å². The second-order valence-electron chi connectivity index (χ2n) is 6.42. The van der Waals surface area contributed by atoms with Crippen LogP contribution in [0.15, 0.2) is 70.2 Å². The maximum Gasteiger partial charge on any atom is 0.243 e. The average Bonchev–Trinajstić information content (AvgIpc) is 2.71. The molecule has 0 aliphatic heterocycles. The van der Waals surface area contributed by atoms with Crippen molar-refractivity contribution in [1.82, 2.24) is 9.97 Å². The lowest BCUT2D eigenvalue weighted by Gasteiger charge is -2.06. The molecule has 0 saturated carbocycles. The van der Waals surface area contributed by atoms with Gasteiger partial charge in [0.2, 0.25) is 5.95 Å². The third kappa shape index (κ3) is 3.71. The molecule has 4 rings (SSSR count). The molecule has 0 aliphatic rings. The molecule has 1 N–H and O–H groups in total. The Hall–Kier alpha value is -3.67. The van der Waals surface area contributed by atoms with Crippen LogP contribution < -0.4 is 15.5 Å². The van der Waals surface area contributed by atoms with E-state index in [4.69, 9.17) is 9.15 Å². The molecule has 2 heterocycles. The Labute approximate surface area is 162 Å². The Morgan fingerprint density at radius 3 is 2.36 bits per heavy atom. The first-order valence-electron chi connectivity index (χ1n) is 8.92. The Morgan fingerprint density at radius 1 is 0.929 bits per heavy atom. The number of hydrogen-bond acceptors (Lipinski definition) is 6. The molecule has 140 valence electrons. The van der Waals surface area contributed by atoms with Crippen LogP contribution in [0.2, 0.25) is 0 Å². The summed E-state index contributed by atoms with van der Waals surface area (Å²) in [4.78, 5) is 8.75. The standard InChI is InChI=1S/C22H20N4O2/c1-14-12-15(2)24-22(23-14)26-25-19-13-21(16-8-10-17(27-3)11-9-16)28-20-7-5-4-6-18(19)20/h4-13H,1-3H3,(H,23,24,26)/b25-19-. The summed E-state index contributed by atoms with van der Waals surface area (Å²) in [5.74, 6) is 1.97. The molecule has 6 nitrogen and oxygen atoms in total. The molecule has 0 aliphatic carbocycles. The van der Waals surface area contributed by atoms with Gasteiger partial charge in [0.1, 0.15) is 17.1 Å². The van der Waals surface area contributed by atoms with Crippen molar-refractivity contribution in [1.29, 1.82) is 0 Å². The second kappa shape index (κ2) is 7.52. The van der Waals surface area contributed by atoms with E-state index in [-0.39, 0.29) is 0 Å². The van der Waals surface area contributed by atoms with Gasteiger partial charge in [-0.15, -0.1) is 0 Å². The minimum absolute atomic E-state index is 0.466. The van der Waals surface area contributed by atoms with Crippen molar-refractivity contribution < 1.29 is 9.15 Å². The minimum atomic E-state index is 0.466. The van der Waals surface area contributed by atoms with Crippen molar-refractivity contribution in [2.75, 3.05) is 12.5 Å². The zero-order chi connectivity index (χ0) is 19.5. The zero-order valence-corrected chi connectivity index (χ0v) is 15.9. The van der Waals surface area contributed by atoms with E-state index in [1.807, 2.05) is 74.5 Å². The summed E-state index contributed by atoms with van der Waals surface area (Å²) in [6.45, 7) is 3.86. The molecule has 0 fully saturated rings. The van der Waals surface area contributed by atoms with Gasteiger partial charge in [0.15, 0.2) is 0 Å². The van der Waals surface area contributed by atoms with E-state index >= 15 is 0 Å². The first-order valence-corrected chi connectivity index (χ1v) is 8.92. The third-order valence-electron chi connectivity index (χ3n) is 4.28. The summed E-state index contributed by atoms with van der Waals surface area (Å²) in [7, 11) is 1.65. The van der Waals surface area contributed by atoms with Gasteiger partial charge in [-0.05, 0) is 56.3 Å². The molecule has 0 bridgehead atoms.